The fraction of sp³-hybridized carbons (Fsp3) is 0.423. The molecular weight excluding hydrogens is 468 g/mol. The van der Waals surface area contributed by atoms with Crippen LogP contribution in [0.2, 0.25) is 5.02 Å². The van der Waals surface area contributed by atoms with E-state index in [4.69, 9.17) is 16.3 Å². The van der Waals surface area contributed by atoms with Gasteiger partial charge in [-0.25, -0.2) is 4.79 Å². The van der Waals surface area contributed by atoms with E-state index in [-0.39, 0.29) is 29.7 Å². The van der Waals surface area contributed by atoms with Crippen molar-refractivity contribution in [1.29, 1.82) is 0 Å². The molecule has 0 bridgehead atoms. The van der Waals surface area contributed by atoms with E-state index >= 15 is 0 Å². The van der Waals surface area contributed by atoms with Gasteiger partial charge in [-0.1, -0.05) is 31.5 Å². The Kier molecular flexibility index (Phi) is 9.37. The van der Waals surface area contributed by atoms with Gasteiger partial charge < -0.3 is 25.6 Å². The van der Waals surface area contributed by atoms with E-state index < -0.39 is 6.04 Å². The minimum atomic E-state index is -0.693. The van der Waals surface area contributed by atoms with Crippen LogP contribution < -0.4 is 20.7 Å². The zero-order valence-corrected chi connectivity index (χ0v) is 21.1. The molecule has 0 radical (unpaired) electrons. The van der Waals surface area contributed by atoms with Crippen molar-refractivity contribution < 1.29 is 19.1 Å². The van der Waals surface area contributed by atoms with Gasteiger partial charge in [0.15, 0.2) is 0 Å². The molecule has 0 saturated carbocycles. The first-order valence-electron chi connectivity index (χ1n) is 11.8. The summed E-state index contributed by atoms with van der Waals surface area (Å²) in [5.41, 5.74) is 1.08. The first-order chi connectivity index (χ1) is 16.8. The van der Waals surface area contributed by atoms with Crippen LogP contribution in [0.3, 0.4) is 0 Å². The summed E-state index contributed by atoms with van der Waals surface area (Å²) in [6, 6.07) is 12.8. The lowest BCUT2D eigenvalue weighted by Crippen LogP contribution is -2.54. The van der Waals surface area contributed by atoms with Crippen LogP contribution in [-0.2, 0) is 4.79 Å². The first-order valence-corrected chi connectivity index (χ1v) is 12.2. The molecule has 4 amide bonds. The molecule has 0 aromatic heterocycles. The number of hydrogen-bond donors (Lipinski definition) is 3. The van der Waals surface area contributed by atoms with E-state index in [1.165, 1.54) is 0 Å². The molecular formula is C26H33ClN4O4. The summed E-state index contributed by atoms with van der Waals surface area (Å²) in [7, 11) is 1.56. The first kappa shape index (κ1) is 26.3. The Labute approximate surface area is 211 Å². The number of rotatable bonds is 8. The zero-order chi connectivity index (χ0) is 25.4. The van der Waals surface area contributed by atoms with E-state index in [1.54, 1.807) is 60.5 Å². The number of piperidine rings is 1. The molecule has 188 valence electrons. The molecule has 1 atom stereocenters. The van der Waals surface area contributed by atoms with Crippen molar-refractivity contribution >= 4 is 35.1 Å². The molecule has 9 heteroatoms. The summed E-state index contributed by atoms with van der Waals surface area (Å²) in [4.78, 5) is 40.4. The van der Waals surface area contributed by atoms with Crippen LogP contribution in [0.1, 0.15) is 37.0 Å². The number of carbonyl (C=O) groups excluding carboxylic acids is 3. The lowest BCUT2D eigenvalue weighted by molar-refractivity contribution is -0.124. The van der Waals surface area contributed by atoms with Gasteiger partial charge in [-0.2, -0.15) is 0 Å². The Morgan fingerprint density at radius 2 is 1.77 bits per heavy atom. The molecule has 2 aromatic rings. The predicted molar refractivity (Wildman–Crippen MR) is 137 cm³/mol. The van der Waals surface area contributed by atoms with Crippen LogP contribution in [0.25, 0.3) is 0 Å². The monoisotopic (exact) mass is 500 g/mol. The molecule has 1 aliphatic heterocycles. The molecule has 1 aliphatic rings. The van der Waals surface area contributed by atoms with Crippen LogP contribution >= 0.6 is 11.6 Å². The van der Waals surface area contributed by atoms with Gasteiger partial charge in [-0.15, -0.1) is 0 Å². The van der Waals surface area contributed by atoms with Gasteiger partial charge >= 0.3 is 6.03 Å². The average Bonchev–Trinajstić information content (AvgIpc) is 2.86. The lowest BCUT2D eigenvalue weighted by Gasteiger charge is -2.36. The van der Waals surface area contributed by atoms with Crippen LogP contribution in [0, 0.1) is 11.8 Å². The maximum atomic E-state index is 13.1. The molecule has 1 fully saturated rings. The van der Waals surface area contributed by atoms with Gasteiger partial charge in [-0.3, -0.25) is 9.59 Å². The third-order valence-corrected chi connectivity index (χ3v) is 6.22. The number of ether oxygens (including phenoxy) is 1. The van der Waals surface area contributed by atoms with Crippen LogP contribution in [0.15, 0.2) is 48.5 Å². The normalized spacial score (nSPS) is 14.8. The number of methoxy groups -OCH3 is 1. The van der Waals surface area contributed by atoms with Crippen molar-refractivity contribution in [2.45, 2.75) is 32.7 Å². The van der Waals surface area contributed by atoms with E-state index in [1.807, 2.05) is 13.8 Å². The van der Waals surface area contributed by atoms with E-state index in [9.17, 15) is 14.4 Å². The van der Waals surface area contributed by atoms with Crippen LogP contribution in [0.5, 0.6) is 5.75 Å². The molecule has 3 N–H and O–H groups in total. The standard InChI is InChI=1S/C26H33ClN4O4/c1-17(2)16-28-25(33)23(30-24(32)19-7-9-22(35-3)10-8-19)18-11-13-31(14-12-18)26(34)29-21-6-4-5-20(27)15-21/h4-10,15,17-18,23H,11-14,16H2,1-3H3,(H,28,33)(H,29,34)(H,30,32)/t23-/m1/s1. The quantitative estimate of drug-likeness (QED) is 0.506. The number of urea groups is 1. The average molecular weight is 501 g/mol. The zero-order valence-electron chi connectivity index (χ0n) is 20.3. The smallest absolute Gasteiger partial charge is 0.321 e. The number of halogens is 1. The van der Waals surface area contributed by atoms with Crippen molar-refractivity contribution in [3.8, 4) is 5.75 Å². The second kappa shape index (κ2) is 12.4. The summed E-state index contributed by atoms with van der Waals surface area (Å²) < 4.78 is 5.15. The predicted octanol–water partition coefficient (Wildman–Crippen LogP) is 4.16. The van der Waals surface area contributed by atoms with E-state index in [0.717, 1.165) is 0 Å². The van der Waals surface area contributed by atoms with Crippen LogP contribution in [0.4, 0.5) is 10.5 Å². The van der Waals surface area contributed by atoms with Crippen molar-refractivity contribution in [3.05, 3.63) is 59.1 Å². The molecule has 8 nitrogen and oxygen atoms in total. The summed E-state index contributed by atoms with van der Waals surface area (Å²) in [6.45, 7) is 5.51. The largest absolute Gasteiger partial charge is 0.497 e. The Balaban J connectivity index is 1.64. The number of nitrogens with one attached hydrogen (secondary N) is 3. The summed E-state index contributed by atoms with van der Waals surface area (Å²) in [5.74, 6) is 0.311. The van der Waals surface area contributed by atoms with Crippen molar-refractivity contribution in [2.24, 2.45) is 11.8 Å². The number of benzene rings is 2. The Morgan fingerprint density at radius 1 is 1.09 bits per heavy atom. The van der Waals surface area contributed by atoms with Gasteiger partial charge in [0.2, 0.25) is 5.91 Å². The molecule has 0 aliphatic carbocycles. The Morgan fingerprint density at radius 3 is 2.37 bits per heavy atom. The maximum absolute atomic E-state index is 13.1. The van der Waals surface area contributed by atoms with Crippen molar-refractivity contribution in [1.82, 2.24) is 15.5 Å². The molecule has 35 heavy (non-hydrogen) atoms. The number of amides is 4. The fourth-order valence-corrected chi connectivity index (χ4v) is 4.17. The highest BCUT2D eigenvalue weighted by atomic mass is 35.5. The van der Waals surface area contributed by atoms with Gasteiger partial charge in [0.05, 0.1) is 7.11 Å². The number of nitrogens with zero attached hydrogens (tertiary/aromatic N) is 1. The number of anilines is 1. The van der Waals surface area contributed by atoms with Crippen molar-refractivity contribution in [3.63, 3.8) is 0 Å². The molecule has 1 saturated heterocycles. The molecule has 3 rings (SSSR count). The number of hydrogen-bond acceptors (Lipinski definition) is 4. The second-order valence-corrected chi connectivity index (χ2v) is 9.52. The third-order valence-electron chi connectivity index (χ3n) is 5.98. The highest BCUT2D eigenvalue weighted by molar-refractivity contribution is 6.30. The number of carbonyl (C=O) groups is 3. The fourth-order valence-electron chi connectivity index (χ4n) is 3.98. The molecule has 1 heterocycles. The van der Waals surface area contributed by atoms with Gasteiger partial charge in [-0.05, 0) is 67.1 Å². The molecule has 0 spiro atoms. The highest BCUT2D eigenvalue weighted by Gasteiger charge is 2.34. The minimum absolute atomic E-state index is 0.0976. The summed E-state index contributed by atoms with van der Waals surface area (Å²) in [6.07, 6.45) is 1.18. The minimum Gasteiger partial charge on any atom is -0.497 e. The van der Waals surface area contributed by atoms with Crippen molar-refractivity contribution in [2.75, 3.05) is 32.1 Å². The highest BCUT2D eigenvalue weighted by Crippen LogP contribution is 2.23. The lowest BCUT2D eigenvalue weighted by atomic mass is 9.88. The van der Waals surface area contributed by atoms with E-state index in [2.05, 4.69) is 16.0 Å². The topological polar surface area (TPSA) is 99.8 Å². The molecule has 2 aromatic carbocycles. The van der Waals surface area contributed by atoms with Gasteiger partial charge in [0.1, 0.15) is 11.8 Å². The van der Waals surface area contributed by atoms with Gasteiger partial charge in [0.25, 0.3) is 5.91 Å². The van der Waals surface area contributed by atoms with Crippen LogP contribution in [-0.4, -0.2) is 55.5 Å². The molecule has 0 unspecified atom stereocenters. The Hall–Kier alpha value is -3.26. The second-order valence-electron chi connectivity index (χ2n) is 9.08. The van der Waals surface area contributed by atoms with E-state index in [0.29, 0.717) is 54.5 Å². The van der Waals surface area contributed by atoms with Gasteiger partial charge in [0, 0.05) is 35.9 Å². The summed E-state index contributed by atoms with van der Waals surface area (Å²) >= 11 is 6.00. The maximum Gasteiger partial charge on any atom is 0.321 e. The Bertz CT molecular complexity index is 1020. The third kappa shape index (κ3) is 7.62. The SMILES string of the molecule is COc1ccc(C(=O)N[C@@H](C(=O)NCC(C)C)C2CCN(C(=O)Nc3cccc(Cl)c3)CC2)cc1. The summed E-state index contributed by atoms with van der Waals surface area (Å²) in [5, 5.41) is 9.28. The number of likely N-dealkylation sites (tertiary alicyclic amines) is 1.